The zero-order valence-corrected chi connectivity index (χ0v) is 12.9. The van der Waals surface area contributed by atoms with Gasteiger partial charge in [-0.3, -0.25) is 0 Å². The molecule has 0 heterocycles. The van der Waals surface area contributed by atoms with Gasteiger partial charge >= 0.3 is 0 Å². The van der Waals surface area contributed by atoms with Crippen molar-refractivity contribution in [3.63, 3.8) is 0 Å². The highest BCUT2D eigenvalue weighted by atomic mass is 35.5. The number of halogens is 3. The van der Waals surface area contributed by atoms with Gasteiger partial charge in [-0.1, -0.05) is 29.3 Å². The molecule has 2 rings (SSSR count). The van der Waals surface area contributed by atoms with Gasteiger partial charge in [0.2, 0.25) is 0 Å². The molecule has 0 radical (unpaired) electrons. The van der Waals surface area contributed by atoms with Crippen molar-refractivity contribution in [2.45, 2.75) is 6.10 Å². The van der Waals surface area contributed by atoms with Gasteiger partial charge in [-0.05, 0) is 24.3 Å². The number of rotatable bonds is 4. The summed E-state index contributed by atoms with van der Waals surface area (Å²) >= 11 is 12.2. The van der Waals surface area contributed by atoms with E-state index in [0.717, 1.165) is 0 Å². The summed E-state index contributed by atoms with van der Waals surface area (Å²) in [5.41, 5.74) is 0.576. The minimum absolute atomic E-state index is 0.185. The molecule has 0 bridgehead atoms. The van der Waals surface area contributed by atoms with E-state index in [9.17, 15) is 9.50 Å². The van der Waals surface area contributed by atoms with Crippen molar-refractivity contribution >= 4 is 23.2 Å². The molecule has 21 heavy (non-hydrogen) atoms. The molecule has 1 N–H and O–H groups in total. The third kappa shape index (κ3) is 3.07. The largest absolute Gasteiger partial charge is 0.493 e. The lowest BCUT2D eigenvalue weighted by atomic mass is 10.0. The zero-order valence-electron chi connectivity index (χ0n) is 11.4. The predicted octanol–water partition coefficient (Wildman–Crippen LogP) is 4.23. The molecule has 2 aromatic carbocycles. The monoisotopic (exact) mass is 330 g/mol. The normalized spacial score (nSPS) is 12.1. The molecule has 0 saturated carbocycles. The number of aliphatic hydroxyl groups excluding tert-OH is 1. The van der Waals surface area contributed by atoms with Gasteiger partial charge in [0.05, 0.1) is 19.2 Å². The van der Waals surface area contributed by atoms with Crippen LogP contribution in [0.15, 0.2) is 30.3 Å². The fourth-order valence-electron chi connectivity index (χ4n) is 2.01. The van der Waals surface area contributed by atoms with Crippen LogP contribution in [0.3, 0.4) is 0 Å². The molecule has 0 saturated heterocycles. The Balaban J connectivity index is 2.53. The first kappa shape index (κ1) is 15.9. The van der Waals surface area contributed by atoms with Gasteiger partial charge in [0.25, 0.3) is 0 Å². The van der Waals surface area contributed by atoms with Crippen molar-refractivity contribution in [3.05, 3.63) is 57.3 Å². The van der Waals surface area contributed by atoms with Gasteiger partial charge in [0, 0.05) is 16.1 Å². The van der Waals surface area contributed by atoms with Gasteiger partial charge in [-0.25, -0.2) is 4.39 Å². The molecule has 112 valence electrons. The number of aliphatic hydroxyl groups is 1. The lowest BCUT2D eigenvalue weighted by Gasteiger charge is -2.18. The van der Waals surface area contributed by atoms with Gasteiger partial charge in [0.15, 0.2) is 11.5 Å². The zero-order chi connectivity index (χ0) is 15.6. The highest BCUT2D eigenvalue weighted by molar-refractivity contribution is 6.33. The first-order valence-electron chi connectivity index (χ1n) is 6.03. The number of hydrogen-bond acceptors (Lipinski definition) is 3. The highest BCUT2D eigenvalue weighted by Gasteiger charge is 2.22. The second kappa shape index (κ2) is 6.52. The number of benzene rings is 2. The number of hydrogen-bond donors (Lipinski definition) is 1. The Morgan fingerprint density at radius 3 is 2.38 bits per heavy atom. The van der Waals surface area contributed by atoms with Crippen LogP contribution in [0.1, 0.15) is 17.2 Å². The predicted molar refractivity (Wildman–Crippen MR) is 80.0 cm³/mol. The van der Waals surface area contributed by atoms with Crippen molar-refractivity contribution in [3.8, 4) is 11.5 Å². The van der Waals surface area contributed by atoms with E-state index < -0.39 is 11.9 Å². The molecule has 0 fully saturated rings. The Kier molecular flexibility index (Phi) is 4.93. The molecular formula is C15H13Cl2FO3. The van der Waals surface area contributed by atoms with E-state index in [4.69, 9.17) is 32.7 Å². The molecule has 3 nitrogen and oxygen atoms in total. The molecule has 0 aliphatic carbocycles. The maximum Gasteiger partial charge on any atom is 0.179 e. The molecule has 0 aliphatic heterocycles. The molecule has 0 aliphatic rings. The van der Waals surface area contributed by atoms with Crippen molar-refractivity contribution in [2.75, 3.05) is 14.2 Å². The lowest BCUT2D eigenvalue weighted by Crippen LogP contribution is -2.04. The maximum absolute atomic E-state index is 13.3. The van der Waals surface area contributed by atoms with E-state index in [2.05, 4.69) is 0 Å². The molecule has 1 atom stereocenters. The summed E-state index contributed by atoms with van der Waals surface area (Å²) in [6.07, 6.45) is -1.18. The first-order valence-corrected chi connectivity index (χ1v) is 6.78. The second-order valence-electron chi connectivity index (χ2n) is 4.27. The summed E-state index contributed by atoms with van der Waals surface area (Å²) in [6, 6.07) is 6.95. The Morgan fingerprint density at radius 2 is 1.76 bits per heavy atom. The van der Waals surface area contributed by atoms with Crippen LogP contribution in [0.4, 0.5) is 4.39 Å². The van der Waals surface area contributed by atoms with E-state index in [-0.39, 0.29) is 15.6 Å². The van der Waals surface area contributed by atoms with Gasteiger partial charge in [-0.15, -0.1) is 0 Å². The minimum atomic E-state index is -1.18. The van der Waals surface area contributed by atoms with Crippen LogP contribution in [-0.4, -0.2) is 19.3 Å². The van der Waals surface area contributed by atoms with Crippen LogP contribution in [-0.2, 0) is 0 Å². The molecule has 2 aromatic rings. The van der Waals surface area contributed by atoms with Crippen LogP contribution >= 0.6 is 23.2 Å². The van der Waals surface area contributed by atoms with E-state index in [1.54, 1.807) is 12.1 Å². The maximum atomic E-state index is 13.3. The Hall–Kier alpha value is -1.49. The SMILES string of the molecule is COc1ccc(C(O)c2cc(F)ccc2Cl)c(Cl)c1OC. The van der Waals surface area contributed by atoms with Crippen LogP contribution in [0, 0.1) is 5.82 Å². The molecule has 0 amide bonds. The minimum Gasteiger partial charge on any atom is -0.493 e. The van der Waals surface area contributed by atoms with Crippen LogP contribution in [0.2, 0.25) is 10.0 Å². The van der Waals surface area contributed by atoms with Crippen LogP contribution in [0.25, 0.3) is 0 Å². The number of ether oxygens (including phenoxy) is 2. The fourth-order valence-corrected chi connectivity index (χ4v) is 2.56. The first-order chi connectivity index (χ1) is 9.99. The van der Waals surface area contributed by atoms with Crippen molar-refractivity contribution in [2.24, 2.45) is 0 Å². The summed E-state index contributed by atoms with van der Waals surface area (Å²) < 4.78 is 23.6. The van der Waals surface area contributed by atoms with E-state index in [1.807, 2.05) is 0 Å². The average Bonchev–Trinajstić information content (AvgIpc) is 2.48. The summed E-state index contributed by atoms with van der Waals surface area (Å²) in [4.78, 5) is 0. The second-order valence-corrected chi connectivity index (χ2v) is 5.06. The molecule has 1 unspecified atom stereocenters. The quantitative estimate of drug-likeness (QED) is 0.911. The Morgan fingerprint density at radius 1 is 1.05 bits per heavy atom. The Labute approximate surface area is 131 Å². The average molecular weight is 331 g/mol. The molecular weight excluding hydrogens is 318 g/mol. The summed E-state index contributed by atoms with van der Waals surface area (Å²) in [6.45, 7) is 0. The van der Waals surface area contributed by atoms with Gasteiger partial charge in [-0.2, -0.15) is 0 Å². The van der Waals surface area contributed by atoms with Crippen molar-refractivity contribution < 1.29 is 19.0 Å². The summed E-state index contributed by atoms with van der Waals surface area (Å²) in [5, 5.41) is 10.9. The van der Waals surface area contributed by atoms with Gasteiger partial charge in [0.1, 0.15) is 11.9 Å². The van der Waals surface area contributed by atoms with E-state index in [0.29, 0.717) is 17.1 Å². The van der Waals surface area contributed by atoms with E-state index in [1.165, 1.54) is 32.4 Å². The standard InChI is InChI=1S/C15H13Cl2FO3/c1-20-12-6-4-9(13(17)15(12)21-2)14(19)10-7-8(18)3-5-11(10)16/h3-7,14,19H,1-2H3. The number of methoxy groups -OCH3 is 2. The van der Waals surface area contributed by atoms with Crippen LogP contribution < -0.4 is 9.47 Å². The fraction of sp³-hybridized carbons (Fsp3) is 0.200. The highest BCUT2D eigenvalue weighted by Crippen LogP contribution is 2.42. The smallest absolute Gasteiger partial charge is 0.179 e. The van der Waals surface area contributed by atoms with Crippen molar-refractivity contribution in [1.29, 1.82) is 0 Å². The third-order valence-corrected chi connectivity index (χ3v) is 3.80. The molecule has 6 heteroatoms. The summed E-state index contributed by atoms with van der Waals surface area (Å²) in [7, 11) is 2.92. The third-order valence-electron chi connectivity index (χ3n) is 3.06. The topological polar surface area (TPSA) is 38.7 Å². The van der Waals surface area contributed by atoms with Crippen molar-refractivity contribution in [1.82, 2.24) is 0 Å². The molecule has 0 spiro atoms. The Bertz CT molecular complexity index is 662. The summed E-state index contributed by atoms with van der Waals surface area (Å²) in [5.74, 6) is 0.233. The van der Waals surface area contributed by atoms with Gasteiger partial charge < -0.3 is 14.6 Å². The van der Waals surface area contributed by atoms with Crippen LogP contribution in [0.5, 0.6) is 11.5 Å². The molecule has 0 aromatic heterocycles. The van der Waals surface area contributed by atoms with E-state index >= 15 is 0 Å². The lowest BCUT2D eigenvalue weighted by molar-refractivity contribution is 0.219.